The van der Waals surface area contributed by atoms with E-state index >= 15 is 0 Å². The lowest BCUT2D eigenvalue weighted by Gasteiger charge is -2.23. The average molecular weight is 428 g/mol. The molecule has 8 heteroatoms. The molecule has 0 radical (unpaired) electrons. The molecule has 8 nitrogen and oxygen atoms in total. The summed E-state index contributed by atoms with van der Waals surface area (Å²) in [6.45, 7) is 2.27. The number of hydrogen-bond donors (Lipinski definition) is 0. The van der Waals surface area contributed by atoms with Crippen LogP contribution in [-0.4, -0.2) is 51.9 Å². The smallest absolute Gasteiger partial charge is 0.430 e. The van der Waals surface area contributed by atoms with Crippen LogP contribution in [0.15, 0.2) is 41.5 Å². The number of benzene rings is 2. The van der Waals surface area contributed by atoms with Gasteiger partial charge in [-0.1, -0.05) is 6.92 Å². The number of carbonyl (C=O) groups is 1. The van der Waals surface area contributed by atoms with Crippen LogP contribution >= 0.6 is 0 Å². The van der Waals surface area contributed by atoms with Gasteiger partial charge in [0, 0.05) is 6.42 Å². The molecule has 0 saturated carbocycles. The first-order valence-corrected chi connectivity index (χ1v) is 10.0. The minimum Gasteiger partial charge on any atom is -0.497 e. The molecule has 1 aliphatic rings. The Labute approximate surface area is 182 Å². The number of carbonyl (C=O) groups excluding carboxylic acids is 1. The van der Waals surface area contributed by atoms with Gasteiger partial charge >= 0.3 is 6.09 Å². The maximum absolute atomic E-state index is 12.8. The number of amides is 1. The van der Waals surface area contributed by atoms with Gasteiger partial charge in [-0.3, -0.25) is 0 Å². The highest BCUT2D eigenvalue weighted by Crippen LogP contribution is 2.43. The molecule has 1 aliphatic heterocycles. The van der Waals surface area contributed by atoms with Crippen molar-refractivity contribution < 1.29 is 28.5 Å². The summed E-state index contributed by atoms with van der Waals surface area (Å²) in [6.07, 6.45) is 0.736. The van der Waals surface area contributed by atoms with Crippen molar-refractivity contribution in [2.45, 2.75) is 25.8 Å². The van der Waals surface area contributed by atoms with Gasteiger partial charge in [-0.15, -0.1) is 0 Å². The second-order valence-corrected chi connectivity index (χ2v) is 6.91. The van der Waals surface area contributed by atoms with E-state index in [0.29, 0.717) is 30.3 Å². The molecule has 0 bridgehead atoms. The second-order valence-electron chi connectivity index (χ2n) is 6.91. The van der Waals surface area contributed by atoms with E-state index in [-0.39, 0.29) is 6.04 Å². The molecule has 0 aliphatic carbocycles. The van der Waals surface area contributed by atoms with Crippen LogP contribution < -0.4 is 18.9 Å². The van der Waals surface area contributed by atoms with Gasteiger partial charge in [-0.2, -0.15) is 10.1 Å². The van der Waals surface area contributed by atoms with Gasteiger partial charge in [0.1, 0.15) is 5.75 Å². The van der Waals surface area contributed by atoms with Crippen LogP contribution in [0.2, 0.25) is 0 Å². The SMILES string of the molecule is CCCOC(=O)N1N=C(c2ccc(OC)cc2)CC1c1cc(OC)c(OC)c(OC)c1. The van der Waals surface area contributed by atoms with E-state index in [0.717, 1.165) is 29.0 Å². The summed E-state index contributed by atoms with van der Waals surface area (Å²) in [5, 5.41) is 5.98. The van der Waals surface area contributed by atoms with Gasteiger partial charge in [0.05, 0.1) is 46.8 Å². The molecule has 1 atom stereocenters. The summed E-state index contributed by atoms with van der Waals surface area (Å²) in [5.74, 6) is 2.26. The second kappa shape index (κ2) is 10.1. The molecule has 0 spiro atoms. The number of rotatable bonds is 8. The Kier molecular flexibility index (Phi) is 7.23. The van der Waals surface area contributed by atoms with Crippen molar-refractivity contribution in [2.24, 2.45) is 5.10 Å². The summed E-state index contributed by atoms with van der Waals surface area (Å²) in [6, 6.07) is 10.9. The van der Waals surface area contributed by atoms with Crippen LogP contribution in [0.3, 0.4) is 0 Å². The van der Waals surface area contributed by atoms with Crippen molar-refractivity contribution in [3.63, 3.8) is 0 Å². The van der Waals surface area contributed by atoms with Crippen LogP contribution in [0.25, 0.3) is 0 Å². The Morgan fingerprint density at radius 1 is 1.00 bits per heavy atom. The van der Waals surface area contributed by atoms with E-state index in [4.69, 9.17) is 23.7 Å². The zero-order valence-electron chi connectivity index (χ0n) is 18.5. The summed E-state index contributed by atoms with van der Waals surface area (Å²) in [5.41, 5.74) is 2.48. The predicted octanol–water partition coefficient (Wildman–Crippen LogP) is 4.42. The van der Waals surface area contributed by atoms with Gasteiger partial charge in [-0.25, -0.2) is 4.79 Å². The largest absolute Gasteiger partial charge is 0.497 e. The van der Waals surface area contributed by atoms with Crippen molar-refractivity contribution in [3.05, 3.63) is 47.5 Å². The molecule has 0 saturated heterocycles. The van der Waals surface area contributed by atoms with Crippen molar-refractivity contribution in [1.82, 2.24) is 5.01 Å². The maximum atomic E-state index is 12.8. The highest BCUT2D eigenvalue weighted by atomic mass is 16.6. The summed E-state index contributed by atoms with van der Waals surface area (Å²) < 4.78 is 27.0. The number of hydrogen-bond acceptors (Lipinski definition) is 7. The van der Waals surface area contributed by atoms with Crippen LogP contribution in [0.4, 0.5) is 4.79 Å². The lowest BCUT2D eigenvalue weighted by Crippen LogP contribution is -2.28. The Hall–Kier alpha value is -3.42. The fourth-order valence-corrected chi connectivity index (χ4v) is 3.45. The van der Waals surface area contributed by atoms with Crippen molar-refractivity contribution in [2.75, 3.05) is 35.0 Å². The van der Waals surface area contributed by atoms with Crippen LogP contribution in [0.1, 0.15) is 36.9 Å². The van der Waals surface area contributed by atoms with Gasteiger partial charge in [-0.05, 0) is 53.9 Å². The van der Waals surface area contributed by atoms with Crippen molar-refractivity contribution >= 4 is 11.8 Å². The van der Waals surface area contributed by atoms with Gasteiger partial charge in [0.25, 0.3) is 0 Å². The first kappa shape index (κ1) is 22.3. The monoisotopic (exact) mass is 428 g/mol. The number of nitrogens with zero attached hydrogens (tertiary/aromatic N) is 2. The minimum atomic E-state index is -0.496. The van der Waals surface area contributed by atoms with E-state index in [1.165, 1.54) is 5.01 Å². The fraction of sp³-hybridized carbons (Fsp3) is 0.391. The molecule has 2 aromatic carbocycles. The van der Waals surface area contributed by atoms with Crippen molar-refractivity contribution in [1.29, 1.82) is 0 Å². The molecule has 166 valence electrons. The molecule has 31 heavy (non-hydrogen) atoms. The molecule has 1 amide bonds. The Bertz CT molecular complexity index is 917. The molecule has 0 fully saturated rings. The molecule has 0 N–H and O–H groups in total. The topological polar surface area (TPSA) is 78.8 Å². The quantitative estimate of drug-likeness (QED) is 0.619. The first-order valence-electron chi connectivity index (χ1n) is 10.0. The van der Waals surface area contributed by atoms with E-state index < -0.39 is 6.09 Å². The Morgan fingerprint density at radius 3 is 2.16 bits per heavy atom. The lowest BCUT2D eigenvalue weighted by molar-refractivity contribution is 0.0929. The maximum Gasteiger partial charge on any atom is 0.430 e. The van der Waals surface area contributed by atoms with Crippen LogP contribution in [-0.2, 0) is 4.74 Å². The number of methoxy groups -OCH3 is 4. The Morgan fingerprint density at radius 2 is 1.65 bits per heavy atom. The highest BCUT2D eigenvalue weighted by Gasteiger charge is 2.35. The third-order valence-corrected chi connectivity index (χ3v) is 5.02. The average Bonchev–Trinajstić information content (AvgIpc) is 3.27. The van der Waals surface area contributed by atoms with E-state index in [2.05, 4.69) is 5.10 Å². The summed E-state index contributed by atoms with van der Waals surface area (Å²) >= 11 is 0. The summed E-state index contributed by atoms with van der Waals surface area (Å²) in [4.78, 5) is 12.8. The fourth-order valence-electron chi connectivity index (χ4n) is 3.45. The zero-order chi connectivity index (χ0) is 22.4. The normalized spacial score (nSPS) is 15.3. The molecule has 3 rings (SSSR count). The lowest BCUT2D eigenvalue weighted by atomic mass is 9.97. The summed E-state index contributed by atoms with van der Waals surface area (Å²) in [7, 11) is 6.29. The standard InChI is InChI=1S/C23H28N2O6/c1-6-11-31-23(26)25-19(14-18(24-25)15-7-9-17(27-2)10-8-15)16-12-20(28-3)22(30-5)21(13-16)29-4/h7-10,12-13,19H,6,11,14H2,1-5H3. The molecule has 0 aromatic heterocycles. The van der Waals surface area contributed by atoms with Gasteiger partial charge < -0.3 is 23.7 Å². The molecule has 1 heterocycles. The third kappa shape index (κ3) is 4.68. The van der Waals surface area contributed by atoms with Gasteiger partial charge in [0.15, 0.2) is 11.5 Å². The third-order valence-electron chi connectivity index (χ3n) is 5.02. The number of ether oxygens (including phenoxy) is 5. The molecular weight excluding hydrogens is 400 g/mol. The minimum absolute atomic E-state index is 0.324. The van der Waals surface area contributed by atoms with E-state index in [9.17, 15) is 4.79 Å². The molecular formula is C23H28N2O6. The van der Waals surface area contributed by atoms with Crippen LogP contribution in [0, 0.1) is 0 Å². The van der Waals surface area contributed by atoms with E-state index in [1.54, 1.807) is 28.4 Å². The number of hydrazone groups is 1. The van der Waals surface area contributed by atoms with Gasteiger partial charge in [0.2, 0.25) is 5.75 Å². The molecule has 1 unspecified atom stereocenters. The highest BCUT2D eigenvalue weighted by molar-refractivity contribution is 6.03. The first-order chi connectivity index (χ1) is 15.1. The van der Waals surface area contributed by atoms with Crippen LogP contribution in [0.5, 0.6) is 23.0 Å². The predicted molar refractivity (Wildman–Crippen MR) is 116 cm³/mol. The van der Waals surface area contributed by atoms with Crippen molar-refractivity contribution in [3.8, 4) is 23.0 Å². The molecule has 2 aromatic rings. The van der Waals surface area contributed by atoms with E-state index in [1.807, 2.05) is 43.3 Å². The Balaban J connectivity index is 2.00. The zero-order valence-corrected chi connectivity index (χ0v) is 18.5.